The van der Waals surface area contributed by atoms with Gasteiger partial charge in [-0.3, -0.25) is 9.78 Å². The Kier molecular flexibility index (Phi) is 8.34. The van der Waals surface area contributed by atoms with Gasteiger partial charge in [0.15, 0.2) is 11.6 Å². The molecule has 44 heavy (non-hydrogen) atoms. The van der Waals surface area contributed by atoms with Crippen LogP contribution < -0.4 is 9.64 Å². The minimum Gasteiger partial charge on any atom is -0.462 e. The normalized spacial score (nSPS) is 19.0. The number of rotatable bonds is 7. The highest BCUT2D eigenvalue weighted by atomic mass is 35.5. The largest absolute Gasteiger partial charge is 0.462 e. The maximum atomic E-state index is 13.8. The van der Waals surface area contributed by atoms with Crippen LogP contribution in [-0.4, -0.2) is 82.6 Å². The fourth-order valence-corrected chi connectivity index (χ4v) is 6.63. The van der Waals surface area contributed by atoms with Gasteiger partial charge in [-0.25, -0.2) is 4.39 Å². The zero-order chi connectivity index (χ0) is 31.0. The van der Waals surface area contributed by atoms with Crippen molar-refractivity contribution >= 4 is 45.1 Å². The quantitative estimate of drug-likeness (QED) is 0.245. The Balaban J connectivity index is 1.45. The third kappa shape index (κ3) is 5.53. The zero-order valence-electron chi connectivity index (χ0n) is 24.8. The van der Waals surface area contributed by atoms with Crippen molar-refractivity contribution < 1.29 is 13.9 Å². The number of nitriles is 1. The third-order valence-electron chi connectivity index (χ3n) is 8.75. The summed E-state index contributed by atoms with van der Waals surface area (Å²) in [5, 5.41) is 12.1. The molecule has 4 heterocycles. The van der Waals surface area contributed by atoms with Crippen molar-refractivity contribution in [3.8, 4) is 23.2 Å². The number of piperazine rings is 1. The van der Waals surface area contributed by atoms with Gasteiger partial charge in [-0.05, 0) is 55.9 Å². The Morgan fingerprint density at radius 1 is 1.14 bits per heavy atom. The lowest BCUT2D eigenvalue weighted by Crippen LogP contribution is -2.55. The number of fused-ring (bicyclic) bond motifs is 2. The number of hydrogen-bond acceptors (Lipinski definition) is 8. The predicted molar refractivity (Wildman–Crippen MR) is 169 cm³/mol. The molecule has 4 aromatic rings. The summed E-state index contributed by atoms with van der Waals surface area (Å²) in [5.74, 6) is -1.29. The smallest absolute Gasteiger partial charge is 0.319 e. The molecule has 2 aliphatic rings. The standard InChI is InChI=1S/C33H33ClFN7O2/c1-20-26(25-10-4-7-22-8-5-11-27(34)28(22)25)17-37-30-29(20)38-33(44-19-24-9-6-14-40(24)3)39-31(30)41-15-16-42(32(43)21(2)35)23(18-41)12-13-36/h4-5,7-8,10-11,17,23-24H,2,6,9,12,14-16,18-19H2,1,3H3/t23?,24-/m0/s1. The molecule has 226 valence electrons. The number of nitrogens with zero attached hydrogens (tertiary/aromatic N) is 7. The molecule has 2 atom stereocenters. The van der Waals surface area contributed by atoms with Crippen LogP contribution in [-0.2, 0) is 4.79 Å². The van der Waals surface area contributed by atoms with Gasteiger partial charge >= 0.3 is 6.01 Å². The van der Waals surface area contributed by atoms with Crippen LogP contribution >= 0.6 is 11.6 Å². The number of likely N-dealkylation sites (tertiary alicyclic amines) is 1. The highest BCUT2D eigenvalue weighted by Crippen LogP contribution is 2.38. The van der Waals surface area contributed by atoms with Crippen LogP contribution in [0, 0.1) is 18.3 Å². The molecule has 0 aliphatic carbocycles. The molecule has 0 spiro atoms. The number of carbonyl (C=O) groups is 1. The number of benzene rings is 2. The minimum atomic E-state index is -1.04. The van der Waals surface area contributed by atoms with Crippen LogP contribution in [0.15, 0.2) is 55.0 Å². The van der Waals surface area contributed by atoms with E-state index in [9.17, 15) is 14.4 Å². The second-order valence-corrected chi connectivity index (χ2v) is 11.8. The monoisotopic (exact) mass is 613 g/mol. The van der Waals surface area contributed by atoms with Gasteiger partial charge in [0, 0.05) is 47.8 Å². The molecule has 9 nitrogen and oxygen atoms in total. The van der Waals surface area contributed by atoms with E-state index in [1.165, 1.54) is 4.90 Å². The molecule has 2 aliphatic heterocycles. The first-order valence-electron chi connectivity index (χ1n) is 14.7. The molecular formula is C33H33ClFN7O2. The molecule has 0 N–H and O–H groups in total. The number of amides is 1. The van der Waals surface area contributed by atoms with Crippen LogP contribution in [0.5, 0.6) is 6.01 Å². The maximum absolute atomic E-state index is 13.8. The van der Waals surface area contributed by atoms with Gasteiger partial charge in [0.25, 0.3) is 5.91 Å². The van der Waals surface area contributed by atoms with Gasteiger partial charge in [-0.15, -0.1) is 0 Å². The molecule has 1 unspecified atom stereocenters. The van der Waals surface area contributed by atoms with Crippen molar-refractivity contribution in [2.24, 2.45) is 0 Å². The highest BCUT2D eigenvalue weighted by molar-refractivity contribution is 6.36. The van der Waals surface area contributed by atoms with Crippen LogP contribution in [0.1, 0.15) is 24.8 Å². The van der Waals surface area contributed by atoms with Crippen molar-refractivity contribution in [2.45, 2.75) is 38.3 Å². The first-order chi connectivity index (χ1) is 21.3. The molecule has 1 amide bonds. The molecule has 0 bridgehead atoms. The summed E-state index contributed by atoms with van der Waals surface area (Å²) in [6.45, 7) is 7.47. The lowest BCUT2D eigenvalue weighted by molar-refractivity contribution is -0.131. The second kappa shape index (κ2) is 12.3. The van der Waals surface area contributed by atoms with Crippen molar-refractivity contribution in [3.05, 3.63) is 65.6 Å². The molecule has 6 rings (SSSR count). The Labute approximate surface area is 260 Å². The summed E-state index contributed by atoms with van der Waals surface area (Å²) in [7, 11) is 2.09. The molecule has 2 aromatic heterocycles. The predicted octanol–water partition coefficient (Wildman–Crippen LogP) is 5.69. The van der Waals surface area contributed by atoms with E-state index in [0.717, 1.165) is 46.8 Å². The van der Waals surface area contributed by atoms with Crippen LogP contribution in [0.25, 0.3) is 32.9 Å². The average molecular weight is 614 g/mol. The van der Waals surface area contributed by atoms with E-state index >= 15 is 0 Å². The number of ether oxygens (including phenoxy) is 1. The molecule has 11 heteroatoms. The van der Waals surface area contributed by atoms with Crippen molar-refractivity contribution in [3.63, 3.8) is 0 Å². The molecule has 0 radical (unpaired) electrons. The van der Waals surface area contributed by atoms with E-state index in [0.29, 0.717) is 35.0 Å². The fourth-order valence-electron chi connectivity index (χ4n) is 6.34. The first-order valence-corrected chi connectivity index (χ1v) is 15.1. The number of carbonyl (C=O) groups excluding carboxylic acids is 1. The first kappa shape index (κ1) is 29.7. The number of halogens is 2. The van der Waals surface area contributed by atoms with Gasteiger partial charge in [0.2, 0.25) is 0 Å². The minimum absolute atomic E-state index is 0.0361. The van der Waals surface area contributed by atoms with Gasteiger partial charge in [-0.1, -0.05) is 48.5 Å². The van der Waals surface area contributed by atoms with E-state index in [-0.39, 0.29) is 31.6 Å². The summed E-state index contributed by atoms with van der Waals surface area (Å²) in [4.78, 5) is 32.7. The summed E-state index contributed by atoms with van der Waals surface area (Å²) in [6.07, 6.45) is 4.00. The number of hydrogen-bond donors (Lipinski definition) is 0. The van der Waals surface area contributed by atoms with Gasteiger partial charge < -0.3 is 19.4 Å². The Morgan fingerprint density at radius 2 is 1.93 bits per heavy atom. The molecule has 0 saturated carbocycles. The van der Waals surface area contributed by atoms with E-state index in [1.54, 1.807) is 0 Å². The summed E-state index contributed by atoms with van der Waals surface area (Å²) >= 11 is 6.69. The lowest BCUT2D eigenvalue weighted by Gasteiger charge is -2.41. The molecule has 2 saturated heterocycles. The second-order valence-electron chi connectivity index (χ2n) is 11.4. The van der Waals surface area contributed by atoms with Gasteiger partial charge in [0.1, 0.15) is 17.6 Å². The van der Waals surface area contributed by atoms with Crippen LogP contribution in [0.4, 0.5) is 10.2 Å². The third-order valence-corrected chi connectivity index (χ3v) is 9.06. The summed E-state index contributed by atoms with van der Waals surface area (Å²) < 4.78 is 20.1. The fraction of sp³-hybridized carbons (Fsp3) is 0.364. The van der Waals surface area contributed by atoms with Crippen molar-refractivity contribution in [1.82, 2.24) is 24.8 Å². The van der Waals surface area contributed by atoms with Crippen molar-refractivity contribution in [1.29, 1.82) is 5.26 Å². The Hall–Kier alpha value is -4.33. The maximum Gasteiger partial charge on any atom is 0.319 e. The van der Waals surface area contributed by atoms with Crippen molar-refractivity contribution in [2.75, 3.05) is 44.7 Å². The van der Waals surface area contributed by atoms with E-state index in [1.807, 2.05) is 54.4 Å². The summed E-state index contributed by atoms with van der Waals surface area (Å²) in [5.41, 5.74) is 3.95. The number of pyridine rings is 1. The van der Waals surface area contributed by atoms with E-state index in [2.05, 4.69) is 24.6 Å². The number of aromatic nitrogens is 3. The summed E-state index contributed by atoms with van der Waals surface area (Å²) in [6, 6.07) is 14.0. The Bertz CT molecular complexity index is 1800. The van der Waals surface area contributed by atoms with Gasteiger partial charge in [0.05, 0.1) is 18.5 Å². The lowest BCUT2D eigenvalue weighted by atomic mass is 9.95. The SMILES string of the molecule is C=C(F)C(=O)N1CCN(c2nc(OC[C@@H]3CCCN3C)nc3c(C)c(-c4cccc5cccc(Cl)c45)cnc23)CC1CC#N. The highest BCUT2D eigenvalue weighted by Gasteiger charge is 2.34. The number of aryl methyl sites for hydroxylation is 1. The topological polar surface area (TPSA) is 98.5 Å². The van der Waals surface area contributed by atoms with E-state index < -0.39 is 17.8 Å². The Morgan fingerprint density at radius 3 is 2.66 bits per heavy atom. The molecule has 2 fully saturated rings. The zero-order valence-corrected chi connectivity index (χ0v) is 25.5. The average Bonchev–Trinajstić information content (AvgIpc) is 3.44. The molecular weight excluding hydrogens is 581 g/mol. The van der Waals surface area contributed by atoms with E-state index in [4.69, 9.17) is 31.3 Å². The van der Waals surface area contributed by atoms with Crippen LogP contribution in [0.3, 0.4) is 0 Å². The number of likely N-dealkylation sites (N-methyl/N-ethyl adjacent to an activating group) is 1. The van der Waals surface area contributed by atoms with Gasteiger partial charge in [-0.2, -0.15) is 15.2 Å². The molecule has 2 aromatic carbocycles. The number of anilines is 1. The van der Waals surface area contributed by atoms with Crippen LogP contribution in [0.2, 0.25) is 5.02 Å².